The van der Waals surface area contributed by atoms with Crippen LogP contribution in [0.15, 0.2) is 69.6 Å². The van der Waals surface area contributed by atoms with Gasteiger partial charge in [-0.2, -0.15) is 0 Å². The third-order valence-electron chi connectivity index (χ3n) is 4.94. The van der Waals surface area contributed by atoms with E-state index in [1.54, 1.807) is 48.5 Å². The number of carbonyl (C=O) groups is 2. The van der Waals surface area contributed by atoms with E-state index < -0.39 is 0 Å². The van der Waals surface area contributed by atoms with Crippen LogP contribution >= 0.6 is 31.9 Å². The molecule has 3 aromatic rings. The molecule has 0 spiro atoms. The Balaban J connectivity index is 1.83. The van der Waals surface area contributed by atoms with Crippen molar-refractivity contribution >= 4 is 55.0 Å². The molecular weight excluding hydrogens is 588 g/mol. The molecule has 0 aliphatic rings. The molecule has 0 bridgehead atoms. The third-order valence-corrected chi connectivity index (χ3v) is 5.93. The first-order valence-corrected chi connectivity index (χ1v) is 13.3. The van der Waals surface area contributed by atoms with E-state index in [0.717, 1.165) is 8.95 Å². The summed E-state index contributed by atoms with van der Waals surface area (Å²) >= 11 is 6.86. The second kappa shape index (κ2) is 12.9. The third kappa shape index (κ3) is 7.83. The highest BCUT2D eigenvalue weighted by atomic mass is 79.9. The van der Waals surface area contributed by atoms with Crippen LogP contribution in [0.3, 0.4) is 0 Å². The highest BCUT2D eigenvalue weighted by Gasteiger charge is 2.19. The van der Waals surface area contributed by atoms with Gasteiger partial charge in [0.05, 0.1) is 35.7 Å². The maximum absolute atomic E-state index is 13.2. The molecule has 2 N–H and O–H groups in total. The summed E-state index contributed by atoms with van der Waals surface area (Å²) in [4.78, 5) is 26.5. The lowest BCUT2D eigenvalue weighted by Gasteiger charge is -2.17. The fourth-order valence-corrected chi connectivity index (χ4v) is 3.93. The van der Waals surface area contributed by atoms with Crippen molar-refractivity contribution in [2.24, 2.45) is 11.8 Å². The Morgan fingerprint density at radius 1 is 0.694 bits per heavy atom. The van der Waals surface area contributed by atoms with Gasteiger partial charge in [-0.1, -0.05) is 71.7 Å². The molecule has 8 heteroatoms. The van der Waals surface area contributed by atoms with Crippen molar-refractivity contribution < 1.29 is 19.1 Å². The van der Waals surface area contributed by atoms with E-state index >= 15 is 0 Å². The first kappa shape index (κ1) is 27.7. The molecule has 3 aromatic carbocycles. The number of benzene rings is 3. The Hall–Kier alpha value is -2.84. The van der Waals surface area contributed by atoms with Crippen molar-refractivity contribution in [3.63, 3.8) is 0 Å². The first-order valence-electron chi connectivity index (χ1n) is 11.7. The molecule has 0 radical (unpaired) electrons. The number of amides is 2. The predicted molar refractivity (Wildman–Crippen MR) is 151 cm³/mol. The molecule has 0 aromatic heterocycles. The number of hydrogen-bond acceptors (Lipinski definition) is 4. The normalized spacial score (nSPS) is 10.9. The highest BCUT2D eigenvalue weighted by Crippen LogP contribution is 2.29. The summed E-state index contributed by atoms with van der Waals surface area (Å²) in [5.74, 6) is 0.917. The summed E-state index contributed by atoms with van der Waals surface area (Å²) < 4.78 is 13.2. The molecule has 36 heavy (non-hydrogen) atoms. The zero-order chi connectivity index (χ0) is 26.2. The number of nitrogens with one attached hydrogen (secondary N) is 2. The maximum Gasteiger partial charge on any atom is 0.259 e. The van der Waals surface area contributed by atoms with E-state index in [-0.39, 0.29) is 11.8 Å². The minimum absolute atomic E-state index is 0.313. The van der Waals surface area contributed by atoms with E-state index in [9.17, 15) is 9.59 Å². The average molecular weight is 618 g/mol. The van der Waals surface area contributed by atoms with Crippen molar-refractivity contribution in [1.82, 2.24) is 0 Å². The van der Waals surface area contributed by atoms with Gasteiger partial charge in [-0.15, -0.1) is 0 Å². The molecule has 2 amide bonds. The van der Waals surface area contributed by atoms with Gasteiger partial charge in [-0.3, -0.25) is 9.59 Å². The van der Waals surface area contributed by atoms with Crippen LogP contribution in [-0.2, 0) is 0 Å². The molecule has 0 unspecified atom stereocenters. The van der Waals surface area contributed by atoms with Crippen LogP contribution in [0, 0.1) is 11.8 Å². The van der Waals surface area contributed by atoms with Gasteiger partial charge in [0.25, 0.3) is 11.8 Å². The van der Waals surface area contributed by atoms with Gasteiger partial charge in [-0.25, -0.2) is 0 Å². The van der Waals surface area contributed by atoms with Crippen molar-refractivity contribution in [3.05, 3.63) is 80.7 Å². The summed E-state index contributed by atoms with van der Waals surface area (Å²) in [6.45, 7) is 9.15. The predicted octanol–water partition coefficient (Wildman–Crippen LogP) is 7.79. The maximum atomic E-state index is 13.2. The zero-order valence-corrected chi connectivity index (χ0v) is 23.9. The smallest absolute Gasteiger partial charge is 0.259 e. The molecule has 0 saturated heterocycles. The van der Waals surface area contributed by atoms with Crippen LogP contribution in [0.5, 0.6) is 11.5 Å². The second-order valence-corrected chi connectivity index (χ2v) is 11.0. The van der Waals surface area contributed by atoms with Crippen molar-refractivity contribution in [1.29, 1.82) is 0 Å². The Bertz CT molecular complexity index is 1130. The van der Waals surface area contributed by atoms with E-state index in [2.05, 4.69) is 42.5 Å². The van der Waals surface area contributed by atoms with Gasteiger partial charge in [-0.05, 0) is 60.4 Å². The number of rotatable bonds is 10. The quantitative estimate of drug-likeness (QED) is 0.243. The molecule has 0 heterocycles. The Morgan fingerprint density at radius 3 is 1.44 bits per heavy atom. The van der Waals surface area contributed by atoms with Crippen LogP contribution in [-0.4, -0.2) is 25.0 Å². The molecule has 0 fully saturated rings. The lowest BCUT2D eigenvalue weighted by molar-refractivity contribution is 0.101. The standard InChI is InChI=1S/C28H30Br2N2O4/c1-17(2)15-35-25-11-9-19(29)13-21(25)27(33)31-23-7-5-6-8-24(23)32-28(34)22-14-20(30)10-12-26(22)36-16-18(3)4/h5-14,17-18H,15-16H2,1-4H3,(H,31,33)(H,32,34). The van der Waals surface area contributed by atoms with E-state index in [1.165, 1.54) is 0 Å². The lowest BCUT2D eigenvalue weighted by Crippen LogP contribution is -2.19. The van der Waals surface area contributed by atoms with Gasteiger partial charge in [0.1, 0.15) is 11.5 Å². The number of anilines is 2. The molecule has 0 atom stereocenters. The Labute approximate surface area is 229 Å². The van der Waals surface area contributed by atoms with E-state index in [1.807, 2.05) is 39.8 Å². The summed E-state index contributed by atoms with van der Waals surface area (Å²) in [5, 5.41) is 5.82. The summed E-state index contributed by atoms with van der Waals surface area (Å²) in [6.07, 6.45) is 0. The molecule has 0 aliphatic carbocycles. The van der Waals surface area contributed by atoms with Crippen molar-refractivity contribution in [3.8, 4) is 11.5 Å². The van der Waals surface area contributed by atoms with Crippen molar-refractivity contribution in [2.45, 2.75) is 27.7 Å². The van der Waals surface area contributed by atoms with Crippen LogP contribution in [0.1, 0.15) is 48.4 Å². The number of carbonyl (C=O) groups excluding carboxylic acids is 2. The highest BCUT2D eigenvalue weighted by molar-refractivity contribution is 9.10. The van der Waals surface area contributed by atoms with Crippen LogP contribution in [0.25, 0.3) is 0 Å². The average Bonchev–Trinajstić information content (AvgIpc) is 2.83. The molecular formula is C28H30Br2N2O4. The minimum Gasteiger partial charge on any atom is -0.492 e. The Kier molecular flexibility index (Phi) is 9.96. The van der Waals surface area contributed by atoms with Crippen molar-refractivity contribution in [2.75, 3.05) is 23.8 Å². The molecule has 0 saturated carbocycles. The van der Waals surface area contributed by atoms with Crippen LogP contribution < -0.4 is 20.1 Å². The number of halogens is 2. The minimum atomic E-state index is -0.347. The van der Waals surface area contributed by atoms with Gasteiger partial charge in [0.15, 0.2) is 0 Å². The largest absolute Gasteiger partial charge is 0.492 e. The topological polar surface area (TPSA) is 76.7 Å². The number of para-hydroxylation sites is 2. The van der Waals surface area contributed by atoms with E-state index in [0.29, 0.717) is 59.1 Å². The summed E-state index contributed by atoms with van der Waals surface area (Å²) in [7, 11) is 0. The summed E-state index contributed by atoms with van der Waals surface area (Å²) in [6, 6.07) is 17.7. The number of ether oxygens (including phenoxy) is 2. The Morgan fingerprint density at radius 2 is 1.08 bits per heavy atom. The van der Waals surface area contributed by atoms with E-state index in [4.69, 9.17) is 9.47 Å². The molecule has 0 aliphatic heterocycles. The molecule has 3 rings (SSSR count). The first-order chi connectivity index (χ1) is 17.1. The van der Waals surface area contributed by atoms with Crippen LogP contribution in [0.4, 0.5) is 11.4 Å². The monoisotopic (exact) mass is 616 g/mol. The van der Waals surface area contributed by atoms with Gasteiger partial charge >= 0.3 is 0 Å². The molecule has 190 valence electrons. The number of hydrogen-bond donors (Lipinski definition) is 2. The van der Waals surface area contributed by atoms with Gasteiger partial charge < -0.3 is 20.1 Å². The molecule has 6 nitrogen and oxygen atoms in total. The summed E-state index contributed by atoms with van der Waals surface area (Å²) in [5.41, 5.74) is 1.71. The fraction of sp³-hybridized carbons (Fsp3) is 0.286. The lowest BCUT2D eigenvalue weighted by atomic mass is 10.1. The zero-order valence-electron chi connectivity index (χ0n) is 20.7. The van der Waals surface area contributed by atoms with Crippen LogP contribution in [0.2, 0.25) is 0 Å². The van der Waals surface area contributed by atoms with Gasteiger partial charge in [0.2, 0.25) is 0 Å². The SMILES string of the molecule is CC(C)COc1ccc(Br)cc1C(=O)Nc1ccccc1NC(=O)c1cc(Br)ccc1OCC(C)C. The second-order valence-electron chi connectivity index (χ2n) is 9.14. The fourth-order valence-electron chi connectivity index (χ4n) is 3.20. The van der Waals surface area contributed by atoms with Gasteiger partial charge in [0, 0.05) is 8.95 Å².